The van der Waals surface area contributed by atoms with Gasteiger partial charge < -0.3 is 5.32 Å². The van der Waals surface area contributed by atoms with Gasteiger partial charge in [0.25, 0.3) is 0 Å². The van der Waals surface area contributed by atoms with Crippen LogP contribution < -0.4 is 10.2 Å². The van der Waals surface area contributed by atoms with Crippen LogP contribution in [0.1, 0.15) is 32.4 Å². The van der Waals surface area contributed by atoms with E-state index < -0.39 is 0 Å². The SMILES string of the molecule is CCN(C(C)=O)c1nc(CNCCCCSC)cs1. The van der Waals surface area contributed by atoms with E-state index in [1.807, 2.05) is 24.1 Å². The number of unbranched alkanes of at least 4 members (excludes halogenated alkanes) is 1. The summed E-state index contributed by atoms with van der Waals surface area (Å²) in [5, 5.41) is 6.22. The van der Waals surface area contributed by atoms with Crippen molar-refractivity contribution in [1.29, 1.82) is 0 Å². The van der Waals surface area contributed by atoms with E-state index in [2.05, 4.69) is 16.6 Å². The minimum absolute atomic E-state index is 0.0495. The van der Waals surface area contributed by atoms with Crippen LogP contribution in [0.5, 0.6) is 0 Å². The number of thiazole rings is 1. The van der Waals surface area contributed by atoms with E-state index in [1.54, 1.807) is 11.8 Å². The molecule has 1 amide bonds. The van der Waals surface area contributed by atoms with Crippen LogP contribution in [0.2, 0.25) is 0 Å². The molecular formula is C13H23N3OS2. The first-order valence-electron chi connectivity index (χ1n) is 6.61. The van der Waals surface area contributed by atoms with Gasteiger partial charge in [-0.05, 0) is 38.3 Å². The summed E-state index contributed by atoms with van der Waals surface area (Å²) in [5.41, 5.74) is 1.02. The average Bonchev–Trinajstić information content (AvgIpc) is 2.82. The lowest BCUT2D eigenvalue weighted by molar-refractivity contribution is -0.116. The van der Waals surface area contributed by atoms with Gasteiger partial charge in [-0.25, -0.2) is 4.98 Å². The topological polar surface area (TPSA) is 45.2 Å². The molecule has 0 aliphatic carbocycles. The van der Waals surface area contributed by atoms with Crippen LogP contribution in [-0.4, -0.2) is 36.0 Å². The zero-order valence-corrected chi connectivity index (χ0v) is 13.6. The first-order valence-corrected chi connectivity index (χ1v) is 8.88. The molecule has 0 spiro atoms. The summed E-state index contributed by atoms with van der Waals surface area (Å²) in [4.78, 5) is 17.6. The summed E-state index contributed by atoms with van der Waals surface area (Å²) >= 11 is 3.42. The summed E-state index contributed by atoms with van der Waals surface area (Å²) in [6.07, 6.45) is 4.59. The number of carbonyl (C=O) groups is 1. The summed E-state index contributed by atoms with van der Waals surface area (Å²) in [5.74, 6) is 1.28. The Balaban J connectivity index is 2.32. The number of rotatable bonds is 9. The lowest BCUT2D eigenvalue weighted by Crippen LogP contribution is -2.27. The van der Waals surface area contributed by atoms with Crippen molar-refractivity contribution in [3.05, 3.63) is 11.1 Å². The van der Waals surface area contributed by atoms with Crippen LogP contribution >= 0.6 is 23.1 Å². The monoisotopic (exact) mass is 301 g/mol. The fourth-order valence-corrected chi connectivity index (χ4v) is 3.13. The number of hydrogen-bond donors (Lipinski definition) is 1. The first kappa shape index (κ1) is 16.5. The predicted octanol–water partition coefficient (Wildman–Crippen LogP) is 2.75. The van der Waals surface area contributed by atoms with Gasteiger partial charge in [-0.15, -0.1) is 11.3 Å². The van der Waals surface area contributed by atoms with Gasteiger partial charge in [0, 0.05) is 25.4 Å². The second kappa shape index (κ2) is 9.34. The third-order valence-electron chi connectivity index (χ3n) is 2.72. The molecule has 0 fully saturated rings. The molecule has 0 aliphatic rings. The van der Waals surface area contributed by atoms with E-state index in [1.165, 1.54) is 29.9 Å². The van der Waals surface area contributed by atoms with Gasteiger partial charge in [0.2, 0.25) is 5.91 Å². The zero-order chi connectivity index (χ0) is 14.1. The van der Waals surface area contributed by atoms with Gasteiger partial charge in [0.15, 0.2) is 5.13 Å². The largest absolute Gasteiger partial charge is 0.311 e. The number of nitrogens with zero attached hydrogens (tertiary/aromatic N) is 2. The van der Waals surface area contributed by atoms with E-state index in [0.29, 0.717) is 6.54 Å². The standard InChI is InChI=1S/C13H23N3OS2/c1-4-16(11(2)17)13-15-12(10-19-13)9-14-7-5-6-8-18-3/h10,14H,4-9H2,1-3H3. The molecular weight excluding hydrogens is 278 g/mol. The van der Waals surface area contributed by atoms with Crippen molar-refractivity contribution in [1.82, 2.24) is 10.3 Å². The molecule has 0 aromatic carbocycles. The Morgan fingerprint density at radius 3 is 2.95 bits per heavy atom. The molecule has 0 saturated carbocycles. The van der Waals surface area contributed by atoms with E-state index in [9.17, 15) is 4.79 Å². The molecule has 1 heterocycles. The van der Waals surface area contributed by atoms with Gasteiger partial charge in [-0.3, -0.25) is 9.69 Å². The average molecular weight is 301 g/mol. The summed E-state index contributed by atoms with van der Waals surface area (Å²) in [6, 6.07) is 0. The van der Waals surface area contributed by atoms with Crippen molar-refractivity contribution < 1.29 is 4.79 Å². The molecule has 0 atom stereocenters. The van der Waals surface area contributed by atoms with E-state index in [-0.39, 0.29) is 5.91 Å². The van der Waals surface area contributed by atoms with E-state index in [0.717, 1.165) is 23.9 Å². The Morgan fingerprint density at radius 1 is 1.53 bits per heavy atom. The predicted molar refractivity (Wildman–Crippen MR) is 85.1 cm³/mol. The number of amides is 1. The van der Waals surface area contributed by atoms with Crippen LogP contribution in [0, 0.1) is 0 Å². The Morgan fingerprint density at radius 2 is 2.32 bits per heavy atom. The summed E-state index contributed by atoms with van der Waals surface area (Å²) in [6.45, 7) is 6.02. The quantitative estimate of drug-likeness (QED) is 0.712. The maximum atomic E-state index is 11.4. The molecule has 4 nitrogen and oxygen atoms in total. The molecule has 19 heavy (non-hydrogen) atoms. The lowest BCUT2D eigenvalue weighted by Gasteiger charge is -2.14. The minimum atomic E-state index is 0.0495. The molecule has 0 unspecified atom stereocenters. The summed E-state index contributed by atoms with van der Waals surface area (Å²) < 4.78 is 0. The molecule has 0 aliphatic heterocycles. The molecule has 1 N–H and O–H groups in total. The van der Waals surface area contributed by atoms with Crippen molar-refractivity contribution in [2.24, 2.45) is 0 Å². The van der Waals surface area contributed by atoms with Crippen LogP contribution in [-0.2, 0) is 11.3 Å². The van der Waals surface area contributed by atoms with E-state index >= 15 is 0 Å². The Labute approximate surface area is 124 Å². The zero-order valence-electron chi connectivity index (χ0n) is 11.9. The maximum absolute atomic E-state index is 11.4. The third-order valence-corrected chi connectivity index (χ3v) is 4.33. The fraction of sp³-hybridized carbons (Fsp3) is 0.692. The van der Waals surface area contributed by atoms with Gasteiger partial charge in [-0.1, -0.05) is 0 Å². The highest BCUT2D eigenvalue weighted by Crippen LogP contribution is 2.20. The van der Waals surface area contributed by atoms with Gasteiger partial charge >= 0.3 is 0 Å². The highest BCUT2D eigenvalue weighted by molar-refractivity contribution is 7.98. The maximum Gasteiger partial charge on any atom is 0.225 e. The Kier molecular flexibility index (Phi) is 8.09. The van der Waals surface area contributed by atoms with Crippen LogP contribution in [0.3, 0.4) is 0 Å². The summed E-state index contributed by atoms with van der Waals surface area (Å²) in [7, 11) is 0. The van der Waals surface area contributed by atoms with Crippen LogP contribution in [0.25, 0.3) is 0 Å². The molecule has 108 valence electrons. The van der Waals surface area contributed by atoms with Crippen LogP contribution in [0.4, 0.5) is 5.13 Å². The van der Waals surface area contributed by atoms with Crippen molar-refractivity contribution >= 4 is 34.1 Å². The number of anilines is 1. The van der Waals surface area contributed by atoms with Gasteiger partial charge in [0.1, 0.15) is 0 Å². The first-order chi connectivity index (χ1) is 9.19. The Hall–Kier alpha value is -0.590. The van der Waals surface area contributed by atoms with Crippen molar-refractivity contribution in [2.45, 2.75) is 33.2 Å². The highest BCUT2D eigenvalue weighted by Gasteiger charge is 2.12. The second-order valence-electron chi connectivity index (χ2n) is 4.26. The lowest BCUT2D eigenvalue weighted by atomic mass is 10.3. The van der Waals surface area contributed by atoms with Crippen LogP contribution in [0.15, 0.2) is 5.38 Å². The Bertz CT molecular complexity index is 382. The highest BCUT2D eigenvalue weighted by atomic mass is 32.2. The number of nitrogens with one attached hydrogen (secondary N) is 1. The number of aromatic nitrogens is 1. The number of thioether (sulfide) groups is 1. The molecule has 1 aromatic rings. The normalized spacial score (nSPS) is 10.7. The second-order valence-corrected chi connectivity index (χ2v) is 6.08. The molecule has 0 bridgehead atoms. The van der Waals surface area contributed by atoms with Gasteiger partial charge in [0.05, 0.1) is 5.69 Å². The van der Waals surface area contributed by atoms with Gasteiger partial charge in [-0.2, -0.15) is 11.8 Å². The molecule has 0 radical (unpaired) electrons. The molecule has 0 saturated heterocycles. The smallest absolute Gasteiger partial charge is 0.225 e. The van der Waals surface area contributed by atoms with Crippen molar-refractivity contribution in [2.75, 3.05) is 30.0 Å². The number of carbonyl (C=O) groups excluding carboxylic acids is 1. The molecule has 6 heteroatoms. The molecule has 1 aromatic heterocycles. The minimum Gasteiger partial charge on any atom is -0.311 e. The third kappa shape index (κ3) is 5.93. The van der Waals surface area contributed by atoms with Crippen molar-refractivity contribution in [3.63, 3.8) is 0 Å². The number of hydrogen-bond acceptors (Lipinski definition) is 5. The molecule has 1 rings (SSSR count). The van der Waals surface area contributed by atoms with E-state index in [4.69, 9.17) is 0 Å². The fourth-order valence-electron chi connectivity index (χ4n) is 1.71. The van der Waals surface area contributed by atoms with Crippen molar-refractivity contribution in [3.8, 4) is 0 Å².